The van der Waals surface area contributed by atoms with Crippen molar-refractivity contribution in [1.82, 2.24) is 0 Å². The van der Waals surface area contributed by atoms with Gasteiger partial charge in [-0.25, -0.2) is 0 Å². The maximum Gasteiger partial charge on any atom is 0.300 e. The number of rotatable bonds is 9. The van der Waals surface area contributed by atoms with Crippen molar-refractivity contribution in [2.45, 2.75) is 53.2 Å². The van der Waals surface area contributed by atoms with E-state index in [4.69, 9.17) is 4.74 Å². The molecule has 1 fully saturated rings. The van der Waals surface area contributed by atoms with E-state index in [1.165, 1.54) is 4.90 Å². The first-order valence-electron chi connectivity index (χ1n) is 13.3. The lowest BCUT2D eigenvalue weighted by Gasteiger charge is -2.27. The number of nitrogens with zero attached hydrogens (tertiary/aromatic N) is 2. The first-order chi connectivity index (χ1) is 18.3. The molecule has 1 heterocycles. The van der Waals surface area contributed by atoms with Gasteiger partial charge in [0, 0.05) is 30.0 Å². The third-order valence-electron chi connectivity index (χ3n) is 6.90. The normalized spacial score (nSPS) is 16.8. The van der Waals surface area contributed by atoms with Crippen LogP contribution >= 0.6 is 0 Å². The van der Waals surface area contributed by atoms with E-state index in [1.807, 2.05) is 62.4 Å². The van der Waals surface area contributed by atoms with E-state index in [0.29, 0.717) is 17.0 Å². The van der Waals surface area contributed by atoms with Gasteiger partial charge in [-0.05, 0) is 93.8 Å². The molecular weight excluding hydrogens is 476 g/mol. The number of aliphatic hydroxyl groups excluding tert-OH is 1. The summed E-state index contributed by atoms with van der Waals surface area (Å²) in [5.74, 6) is -0.905. The fraction of sp³-hybridized carbons (Fsp3) is 0.312. The Morgan fingerprint density at radius 2 is 1.50 bits per heavy atom. The zero-order valence-electron chi connectivity index (χ0n) is 22.8. The Balaban J connectivity index is 1.84. The molecule has 0 spiro atoms. The van der Waals surface area contributed by atoms with Crippen molar-refractivity contribution >= 4 is 28.8 Å². The number of carbonyl (C=O) groups is 2. The second-order valence-electron chi connectivity index (χ2n) is 9.64. The fourth-order valence-corrected chi connectivity index (χ4v) is 4.88. The third-order valence-corrected chi connectivity index (χ3v) is 6.90. The van der Waals surface area contributed by atoms with E-state index in [1.54, 1.807) is 24.3 Å². The van der Waals surface area contributed by atoms with Crippen molar-refractivity contribution in [3.63, 3.8) is 0 Å². The SMILES string of the molecule is CCc1ccc(N2C(=O)C(=O)/C(=C(\O)c3ccc(OC(C)C)cc3)C2c2ccc(N(CC)CC)cc2)cc1. The number of Topliss-reactive ketones (excluding diaryl/α,β-unsaturated/α-hetero) is 1. The van der Waals surface area contributed by atoms with Gasteiger partial charge < -0.3 is 14.7 Å². The van der Waals surface area contributed by atoms with Crippen LogP contribution in [0.2, 0.25) is 0 Å². The van der Waals surface area contributed by atoms with Gasteiger partial charge in [0.2, 0.25) is 0 Å². The standard InChI is InChI=1S/C32H36N2O4/c1-6-22-9-15-26(16-10-22)34-29(23-11-17-25(18-12-23)33(7-2)8-3)28(31(36)32(34)37)30(35)24-13-19-27(20-14-24)38-21(4)5/h9-21,29,35H,6-8H2,1-5H3/b30-28-. The van der Waals surface area contributed by atoms with Crippen LogP contribution in [0.15, 0.2) is 78.4 Å². The largest absolute Gasteiger partial charge is 0.507 e. The van der Waals surface area contributed by atoms with Gasteiger partial charge in [0.1, 0.15) is 11.5 Å². The molecule has 38 heavy (non-hydrogen) atoms. The van der Waals surface area contributed by atoms with Gasteiger partial charge in [0.15, 0.2) is 0 Å². The summed E-state index contributed by atoms with van der Waals surface area (Å²) in [5.41, 5.74) is 4.08. The van der Waals surface area contributed by atoms with Crippen LogP contribution in [-0.4, -0.2) is 36.0 Å². The number of ketones is 1. The average Bonchev–Trinajstić information content (AvgIpc) is 3.19. The summed E-state index contributed by atoms with van der Waals surface area (Å²) in [4.78, 5) is 30.6. The maximum absolute atomic E-state index is 13.4. The number of carbonyl (C=O) groups excluding carboxylic acids is 2. The molecule has 0 saturated carbocycles. The number of aryl methyl sites for hydroxylation is 1. The summed E-state index contributed by atoms with van der Waals surface area (Å²) in [6.45, 7) is 11.9. The topological polar surface area (TPSA) is 70.1 Å². The Kier molecular flexibility index (Phi) is 8.20. The van der Waals surface area contributed by atoms with E-state index in [9.17, 15) is 14.7 Å². The van der Waals surface area contributed by atoms with Gasteiger partial charge in [-0.3, -0.25) is 14.5 Å². The zero-order chi connectivity index (χ0) is 27.4. The summed E-state index contributed by atoms with van der Waals surface area (Å²) in [7, 11) is 0. The Hall–Kier alpha value is -4.06. The monoisotopic (exact) mass is 512 g/mol. The molecule has 1 aliphatic rings. The summed E-state index contributed by atoms with van der Waals surface area (Å²) in [6.07, 6.45) is 0.879. The summed E-state index contributed by atoms with van der Waals surface area (Å²) >= 11 is 0. The zero-order valence-corrected chi connectivity index (χ0v) is 22.8. The van der Waals surface area contributed by atoms with Crippen molar-refractivity contribution in [3.8, 4) is 5.75 Å². The highest BCUT2D eigenvalue weighted by atomic mass is 16.5. The molecule has 0 radical (unpaired) electrons. The highest BCUT2D eigenvalue weighted by Crippen LogP contribution is 2.42. The van der Waals surface area contributed by atoms with Crippen LogP contribution < -0.4 is 14.5 Å². The molecule has 1 unspecified atom stereocenters. The van der Waals surface area contributed by atoms with E-state index in [0.717, 1.165) is 36.3 Å². The molecule has 0 aromatic heterocycles. The number of hydrogen-bond donors (Lipinski definition) is 1. The Morgan fingerprint density at radius 1 is 0.895 bits per heavy atom. The number of ether oxygens (including phenoxy) is 1. The van der Waals surface area contributed by atoms with Crippen LogP contribution in [0, 0.1) is 0 Å². The van der Waals surface area contributed by atoms with Gasteiger partial charge in [-0.1, -0.05) is 31.2 Å². The molecule has 1 amide bonds. The summed E-state index contributed by atoms with van der Waals surface area (Å²) in [5, 5.41) is 11.4. The number of amides is 1. The first-order valence-corrected chi connectivity index (χ1v) is 13.3. The average molecular weight is 513 g/mol. The van der Waals surface area contributed by atoms with Gasteiger partial charge >= 0.3 is 0 Å². The lowest BCUT2D eigenvalue weighted by molar-refractivity contribution is -0.132. The van der Waals surface area contributed by atoms with Gasteiger partial charge in [0.05, 0.1) is 17.7 Å². The Labute approximate surface area is 225 Å². The van der Waals surface area contributed by atoms with E-state index in [-0.39, 0.29) is 17.4 Å². The molecule has 4 rings (SSSR count). The second-order valence-corrected chi connectivity index (χ2v) is 9.64. The molecule has 1 N–H and O–H groups in total. The van der Waals surface area contributed by atoms with Gasteiger partial charge in [-0.15, -0.1) is 0 Å². The van der Waals surface area contributed by atoms with Crippen molar-refractivity contribution < 1.29 is 19.4 Å². The van der Waals surface area contributed by atoms with Gasteiger partial charge in [0.25, 0.3) is 11.7 Å². The van der Waals surface area contributed by atoms with Crippen LogP contribution in [0.4, 0.5) is 11.4 Å². The molecular formula is C32H36N2O4. The summed E-state index contributed by atoms with van der Waals surface area (Å²) < 4.78 is 5.71. The van der Waals surface area contributed by atoms with Crippen molar-refractivity contribution in [1.29, 1.82) is 0 Å². The minimum atomic E-state index is -0.764. The molecule has 1 atom stereocenters. The third kappa shape index (κ3) is 5.30. The van der Waals surface area contributed by atoms with Crippen molar-refractivity contribution in [3.05, 3.63) is 95.1 Å². The highest BCUT2D eigenvalue weighted by molar-refractivity contribution is 6.51. The van der Waals surface area contributed by atoms with Crippen LogP contribution in [0.5, 0.6) is 5.75 Å². The molecule has 198 valence electrons. The number of hydrogen-bond acceptors (Lipinski definition) is 5. The van der Waals surface area contributed by atoms with Crippen LogP contribution in [-0.2, 0) is 16.0 Å². The first kappa shape index (κ1) is 27.0. The fourth-order valence-electron chi connectivity index (χ4n) is 4.88. The Morgan fingerprint density at radius 3 is 2.03 bits per heavy atom. The van der Waals surface area contributed by atoms with Crippen LogP contribution in [0.3, 0.4) is 0 Å². The van der Waals surface area contributed by atoms with Gasteiger partial charge in [-0.2, -0.15) is 0 Å². The predicted molar refractivity (Wildman–Crippen MR) is 153 cm³/mol. The summed E-state index contributed by atoms with van der Waals surface area (Å²) in [6, 6.07) is 21.7. The lowest BCUT2D eigenvalue weighted by Crippen LogP contribution is -2.29. The van der Waals surface area contributed by atoms with Crippen molar-refractivity contribution in [2.75, 3.05) is 22.9 Å². The molecule has 0 bridgehead atoms. The molecule has 1 aliphatic heterocycles. The highest BCUT2D eigenvalue weighted by Gasteiger charge is 2.47. The second kappa shape index (κ2) is 11.5. The van der Waals surface area contributed by atoms with E-state index >= 15 is 0 Å². The molecule has 6 nitrogen and oxygen atoms in total. The minimum Gasteiger partial charge on any atom is -0.507 e. The lowest BCUT2D eigenvalue weighted by atomic mass is 9.94. The number of aliphatic hydroxyl groups is 1. The van der Waals surface area contributed by atoms with Crippen LogP contribution in [0.1, 0.15) is 57.4 Å². The van der Waals surface area contributed by atoms with E-state index in [2.05, 4.69) is 25.7 Å². The number of benzene rings is 3. The molecule has 0 aliphatic carbocycles. The smallest absolute Gasteiger partial charge is 0.300 e. The Bertz CT molecular complexity index is 1310. The van der Waals surface area contributed by atoms with Crippen LogP contribution in [0.25, 0.3) is 5.76 Å². The quantitative estimate of drug-likeness (QED) is 0.201. The molecule has 6 heteroatoms. The predicted octanol–water partition coefficient (Wildman–Crippen LogP) is 6.51. The molecule has 3 aromatic carbocycles. The van der Waals surface area contributed by atoms with Crippen molar-refractivity contribution in [2.24, 2.45) is 0 Å². The number of anilines is 2. The maximum atomic E-state index is 13.4. The molecule has 1 saturated heterocycles. The minimum absolute atomic E-state index is 0.0122. The molecule has 3 aromatic rings. The van der Waals surface area contributed by atoms with E-state index < -0.39 is 17.7 Å².